The van der Waals surface area contributed by atoms with E-state index in [9.17, 15) is 13.2 Å². The summed E-state index contributed by atoms with van der Waals surface area (Å²) in [5, 5.41) is 2.72. The summed E-state index contributed by atoms with van der Waals surface area (Å²) in [4.78, 5) is 12.5. The molecule has 0 heterocycles. The highest BCUT2D eigenvalue weighted by atomic mass is 32.2. The Bertz CT molecular complexity index is 1130. The summed E-state index contributed by atoms with van der Waals surface area (Å²) in [5.41, 5.74) is 1.98. The Morgan fingerprint density at radius 1 is 0.839 bits per heavy atom. The SMILES string of the molecule is COc1ccc(NS(=O)(=O)c2ccc(NC(=O)[C@@H](C)Oc3ccc(C)cc3)cc2)cc1. The van der Waals surface area contributed by atoms with Gasteiger partial charge in [-0.2, -0.15) is 0 Å². The fourth-order valence-electron chi connectivity index (χ4n) is 2.71. The van der Waals surface area contributed by atoms with E-state index in [1.807, 2.05) is 19.1 Å². The fraction of sp³-hybridized carbons (Fsp3) is 0.174. The zero-order valence-corrected chi connectivity index (χ0v) is 18.3. The molecule has 1 amide bonds. The van der Waals surface area contributed by atoms with Crippen LogP contribution in [0.2, 0.25) is 0 Å². The summed E-state index contributed by atoms with van der Waals surface area (Å²) >= 11 is 0. The van der Waals surface area contributed by atoms with Crippen LogP contribution in [-0.2, 0) is 14.8 Å². The van der Waals surface area contributed by atoms with Gasteiger partial charge in [0.15, 0.2) is 6.10 Å². The van der Waals surface area contributed by atoms with Gasteiger partial charge in [-0.15, -0.1) is 0 Å². The first-order chi connectivity index (χ1) is 14.8. The predicted molar refractivity (Wildman–Crippen MR) is 120 cm³/mol. The van der Waals surface area contributed by atoms with Gasteiger partial charge >= 0.3 is 0 Å². The molecule has 7 nitrogen and oxygen atoms in total. The average Bonchev–Trinajstić information content (AvgIpc) is 2.76. The highest BCUT2D eigenvalue weighted by molar-refractivity contribution is 7.92. The molecule has 0 saturated heterocycles. The van der Waals surface area contributed by atoms with Crippen LogP contribution in [0.5, 0.6) is 11.5 Å². The van der Waals surface area contributed by atoms with Crippen molar-refractivity contribution in [1.29, 1.82) is 0 Å². The van der Waals surface area contributed by atoms with Gasteiger partial charge in [-0.05, 0) is 74.5 Å². The van der Waals surface area contributed by atoms with Crippen LogP contribution in [0.1, 0.15) is 12.5 Å². The smallest absolute Gasteiger partial charge is 0.265 e. The molecule has 3 aromatic rings. The molecule has 0 saturated carbocycles. The lowest BCUT2D eigenvalue weighted by molar-refractivity contribution is -0.122. The summed E-state index contributed by atoms with van der Waals surface area (Å²) in [6.07, 6.45) is -0.720. The first-order valence-corrected chi connectivity index (χ1v) is 11.1. The van der Waals surface area contributed by atoms with Crippen LogP contribution in [-0.4, -0.2) is 27.5 Å². The van der Waals surface area contributed by atoms with Crippen molar-refractivity contribution in [3.8, 4) is 11.5 Å². The normalized spacial score (nSPS) is 12.0. The van der Waals surface area contributed by atoms with E-state index in [2.05, 4.69) is 10.0 Å². The highest BCUT2D eigenvalue weighted by Crippen LogP contribution is 2.21. The van der Waals surface area contributed by atoms with E-state index in [0.29, 0.717) is 22.9 Å². The van der Waals surface area contributed by atoms with Crippen LogP contribution in [0.25, 0.3) is 0 Å². The Hall–Kier alpha value is -3.52. The van der Waals surface area contributed by atoms with Crippen molar-refractivity contribution in [3.05, 3.63) is 78.4 Å². The molecule has 8 heteroatoms. The first-order valence-electron chi connectivity index (χ1n) is 9.58. The third-order valence-corrected chi connectivity index (χ3v) is 5.87. The van der Waals surface area contributed by atoms with E-state index in [0.717, 1.165) is 5.56 Å². The molecule has 0 fully saturated rings. The second-order valence-corrected chi connectivity index (χ2v) is 8.60. The molecule has 0 aliphatic heterocycles. The number of sulfonamides is 1. The standard InChI is InChI=1S/C23H24N2O5S/c1-16-4-10-21(11-5-16)30-17(2)23(26)24-18-8-14-22(15-9-18)31(27,28)25-19-6-12-20(29-3)13-7-19/h4-15,17,25H,1-3H3,(H,24,26)/t17-/m1/s1. The van der Waals surface area contributed by atoms with E-state index in [1.54, 1.807) is 43.3 Å². The molecule has 3 aromatic carbocycles. The Kier molecular flexibility index (Phi) is 6.81. The second-order valence-electron chi connectivity index (χ2n) is 6.92. The quantitative estimate of drug-likeness (QED) is 0.547. The maximum absolute atomic E-state index is 12.6. The lowest BCUT2D eigenvalue weighted by Crippen LogP contribution is -2.30. The van der Waals surface area contributed by atoms with E-state index in [1.165, 1.54) is 31.4 Å². The van der Waals surface area contributed by atoms with Crippen molar-refractivity contribution in [2.45, 2.75) is 24.8 Å². The molecule has 0 bridgehead atoms. The van der Waals surface area contributed by atoms with Gasteiger partial charge < -0.3 is 14.8 Å². The van der Waals surface area contributed by atoms with Gasteiger partial charge in [-0.25, -0.2) is 8.42 Å². The van der Waals surface area contributed by atoms with Crippen LogP contribution in [0.15, 0.2) is 77.7 Å². The van der Waals surface area contributed by atoms with Gasteiger partial charge in [0.1, 0.15) is 11.5 Å². The zero-order chi connectivity index (χ0) is 22.4. The number of rotatable bonds is 8. The first kappa shape index (κ1) is 22.2. The molecular weight excluding hydrogens is 416 g/mol. The van der Waals surface area contributed by atoms with Crippen LogP contribution in [0.3, 0.4) is 0 Å². The Labute approximate surface area is 182 Å². The molecule has 1 atom stereocenters. The number of ether oxygens (including phenoxy) is 2. The van der Waals surface area contributed by atoms with Crippen LogP contribution in [0, 0.1) is 6.92 Å². The predicted octanol–water partition coefficient (Wildman–Crippen LogP) is 4.21. The molecular formula is C23H24N2O5S. The molecule has 31 heavy (non-hydrogen) atoms. The fourth-order valence-corrected chi connectivity index (χ4v) is 3.77. The number of carbonyl (C=O) groups excluding carboxylic acids is 1. The molecule has 2 N–H and O–H groups in total. The van der Waals surface area contributed by atoms with Gasteiger partial charge in [0.25, 0.3) is 15.9 Å². The number of carbonyl (C=O) groups is 1. The number of anilines is 2. The summed E-state index contributed by atoms with van der Waals surface area (Å²) in [5.74, 6) is 0.885. The number of nitrogens with one attached hydrogen (secondary N) is 2. The number of amides is 1. The Balaban J connectivity index is 1.61. The largest absolute Gasteiger partial charge is 0.497 e. The Morgan fingerprint density at radius 2 is 1.39 bits per heavy atom. The molecule has 0 unspecified atom stereocenters. The summed E-state index contributed by atoms with van der Waals surface area (Å²) in [6.45, 7) is 3.61. The molecule has 162 valence electrons. The minimum Gasteiger partial charge on any atom is -0.497 e. The number of hydrogen-bond donors (Lipinski definition) is 2. The van der Waals surface area contributed by atoms with Crippen molar-refractivity contribution >= 4 is 27.3 Å². The molecule has 0 radical (unpaired) electrons. The van der Waals surface area contributed by atoms with Gasteiger partial charge in [-0.3, -0.25) is 9.52 Å². The molecule has 0 spiro atoms. The average molecular weight is 441 g/mol. The number of aryl methyl sites for hydroxylation is 1. The van der Waals surface area contributed by atoms with Crippen molar-refractivity contribution in [1.82, 2.24) is 0 Å². The molecule has 3 rings (SSSR count). The lowest BCUT2D eigenvalue weighted by Gasteiger charge is -2.15. The molecule has 0 aromatic heterocycles. The van der Waals surface area contributed by atoms with Crippen molar-refractivity contribution < 1.29 is 22.7 Å². The lowest BCUT2D eigenvalue weighted by atomic mass is 10.2. The van der Waals surface area contributed by atoms with Gasteiger partial charge in [0.2, 0.25) is 0 Å². The van der Waals surface area contributed by atoms with E-state index < -0.39 is 16.1 Å². The minimum atomic E-state index is -3.77. The molecule has 0 aliphatic carbocycles. The van der Waals surface area contributed by atoms with Crippen molar-refractivity contribution in [2.75, 3.05) is 17.1 Å². The van der Waals surface area contributed by atoms with Crippen LogP contribution >= 0.6 is 0 Å². The maximum Gasteiger partial charge on any atom is 0.265 e. The number of benzene rings is 3. The third kappa shape index (κ3) is 5.99. The highest BCUT2D eigenvalue weighted by Gasteiger charge is 2.17. The van der Waals surface area contributed by atoms with E-state index >= 15 is 0 Å². The topological polar surface area (TPSA) is 93.7 Å². The molecule has 0 aliphatic rings. The summed E-state index contributed by atoms with van der Waals surface area (Å²) in [7, 11) is -2.23. The minimum absolute atomic E-state index is 0.0743. The van der Waals surface area contributed by atoms with Crippen molar-refractivity contribution in [3.63, 3.8) is 0 Å². The van der Waals surface area contributed by atoms with Gasteiger partial charge in [-0.1, -0.05) is 17.7 Å². The monoisotopic (exact) mass is 440 g/mol. The number of methoxy groups -OCH3 is 1. The van der Waals surface area contributed by atoms with Crippen LogP contribution in [0.4, 0.5) is 11.4 Å². The van der Waals surface area contributed by atoms with Crippen molar-refractivity contribution in [2.24, 2.45) is 0 Å². The van der Waals surface area contributed by atoms with E-state index in [-0.39, 0.29) is 10.8 Å². The zero-order valence-electron chi connectivity index (χ0n) is 17.5. The summed E-state index contributed by atoms with van der Waals surface area (Å²) < 4.78 is 38.4. The number of hydrogen-bond acceptors (Lipinski definition) is 5. The third-order valence-electron chi connectivity index (χ3n) is 4.48. The van der Waals surface area contributed by atoms with Gasteiger partial charge in [0.05, 0.1) is 12.0 Å². The van der Waals surface area contributed by atoms with Gasteiger partial charge in [0, 0.05) is 11.4 Å². The van der Waals surface area contributed by atoms with Crippen LogP contribution < -0.4 is 19.5 Å². The maximum atomic E-state index is 12.6. The second kappa shape index (κ2) is 9.53. The summed E-state index contributed by atoms with van der Waals surface area (Å²) in [6, 6.07) is 19.9. The Morgan fingerprint density at radius 3 is 1.97 bits per heavy atom. The van der Waals surface area contributed by atoms with E-state index in [4.69, 9.17) is 9.47 Å².